The van der Waals surface area contributed by atoms with Gasteiger partial charge in [-0.1, -0.05) is 0 Å². The molecule has 3 heterocycles. The van der Waals surface area contributed by atoms with Crippen LogP contribution in [-0.2, 0) is 16.1 Å². The average Bonchev–Trinajstić information content (AvgIpc) is 3.15. The number of esters is 1. The van der Waals surface area contributed by atoms with Gasteiger partial charge in [0.1, 0.15) is 5.82 Å². The number of rotatable bonds is 7. The average molecular weight is 372 g/mol. The van der Waals surface area contributed by atoms with Gasteiger partial charge in [-0.25, -0.2) is 9.78 Å². The molecule has 0 amide bonds. The predicted octanol–water partition coefficient (Wildman–Crippen LogP) is 3.19. The largest absolute Gasteiger partial charge is 0.463 e. The van der Waals surface area contributed by atoms with Crippen molar-refractivity contribution in [3.8, 4) is 0 Å². The molecule has 2 aromatic heterocycles. The number of hydrogen-bond acceptors (Lipinski definition) is 7. The summed E-state index contributed by atoms with van der Waals surface area (Å²) in [6.45, 7) is 5.28. The summed E-state index contributed by atoms with van der Waals surface area (Å²) in [5, 5.41) is 7.82. The van der Waals surface area contributed by atoms with Crippen LogP contribution in [-0.4, -0.2) is 46.6 Å². The smallest absolute Gasteiger partial charge is 0.330 e. The van der Waals surface area contributed by atoms with Crippen LogP contribution >= 0.6 is 11.3 Å². The van der Waals surface area contributed by atoms with E-state index in [0.29, 0.717) is 18.3 Å². The standard InChI is InChI=1S/C19H24N4O2S/c1-2-25-19(24)6-5-16-10-21-18(11-20-16)22-17-4-3-8-23(13-17)12-15-7-9-26-14-15/h5-7,9-11,14,17H,2-4,8,12-13H2,1H3,(H,21,22)/t17-/m1/s1. The maximum absolute atomic E-state index is 11.3. The number of thiophene rings is 1. The Labute approximate surface area is 157 Å². The van der Waals surface area contributed by atoms with Gasteiger partial charge in [0.15, 0.2) is 0 Å². The van der Waals surface area contributed by atoms with Gasteiger partial charge in [0.2, 0.25) is 0 Å². The van der Waals surface area contributed by atoms with Crippen molar-refractivity contribution in [1.82, 2.24) is 14.9 Å². The van der Waals surface area contributed by atoms with Gasteiger partial charge in [0, 0.05) is 25.2 Å². The summed E-state index contributed by atoms with van der Waals surface area (Å²) in [6.07, 6.45) is 8.65. The first-order valence-corrected chi connectivity index (χ1v) is 9.84. The number of ether oxygens (including phenoxy) is 1. The van der Waals surface area contributed by atoms with Crippen molar-refractivity contribution in [2.75, 3.05) is 25.0 Å². The van der Waals surface area contributed by atoms with Crippen molar-refractivity contribution >= 4 is 29.2 Å². The van der Waals surface area contributed by atoms with Crippen molar-refractivity contribution in [2.45, 2.75) is 32.4 Å². The van der Waals surface area contributed by atoms with Crippen molar-refractivity contribution in [1.29, 1.82) is 0 Å². The summed E-state index contributed by atoms with van der Waals surface area (Å²) in [7, 11) is 0. The summed E-state index contributed by atoms with van der Waals surface area (Å²) < 4.78 is 4.84. The maximum atomic E-state index is 11.3. The van der Waals surface area contributed by atoms with E-state index in [1.165, 1.54) is 18.1 Å². The molecular formula is C19H24N4O2S. The molecule has 1 aliphatic rings. The molecule has 1 saturated heterocycles. The predicted molar refractivity (Wildman–Crippen MR) is 104 cm³/mol. The zero-order chi connectivity index (χ0) is 18.2. The van der Waals surface area contributed by atoms with Crippen molar-refractivity contribution in [3.63, 3.8) is 0 Å². The van der Waals surface area contributed by atoms with E-state index in [1.54, 1.807) is 36.7 Å². The molecule has 7 heteroatoms. The summed E-state index contributed by atoms with van der Waals surface area (Å²) in [5.41, 5.74) is 2.01. The van der Waals surface area contributed by atoms with Gasteiger partial charge in [0.25, 0.3) is 0 Å². The highest BCUT2D eigenvalue weighted by Crippen LogP contribution is 2.18. The molecule has 2 aromatic rings. The molecule has 138 valence electrons. The van der Waals surface area contributed by atoms with Gasteiger partial charge < -0.3 is 10.1 Å². The number of piperidine rings is 1. The minimum absolute atomic E-state index is 0.364. The Balaban J connectivity index is 1.51. The van der Waals surface area contributed by atoms with Gasteiger partial charge in [-0.2, -0.15) is 11.3 Å². The van der Waals surface area contributed by atoms with E-state index in [0.717, 1.165) is 31.9 Å². The van der Waals surface area contributed by atoms with Crippen LogP contribution in [0.25, 0.3) is 6.08 Å². The second kappa shape index (κ2) is 9.45. The molecule has 0 aromatic carbocycles. The third-order valence-corrected chi connectivity index (χ3v) is 4.92. The Hall–Kier alpha value is -2.25. The molecule has 0 saturated carbocycles. The second-order valence-corrected chi connectivity index (χ2v) is 7.04. The second-order valence-electron chi connectivity index (χ2n) is 6.26. The molecule has 0 unspecified atom stereocenters. The fourth-order valence-electron chi connectivity index (χ4n) is 3.01. The van der Waals surface area contributed by atoms with Crippen LogP contribution in [0.4, 0.5) is 5.82 Å². The fraction of sp³-hybridized carbons (Fsp3) is 0.421. The highest BCUT2D eigenvalue weighted by Gasteiger charge is 2.20. The van der Waals surface area contributed by atoms with Crippen LogP contribution in [0.5, 0.6) is 0 Å². The van der Waals surface area contributed by atoms with Crippen molar-refractivity contribution in [3.05, 3.63) is 46.6 Å². The quantitative estimate of drug-likeness (QED) is 0.595. The molecule has 1 N–H and O–H groups in total. The Kier molecular flexibility index (Phi) is 6.74. The van der Waals surface area contributed by atoms with E-state index in [1.807, 2.05) is 0 Å². The first kappa shape index (κ1) is 18.5. The first-order chi connectivity index (χ1) is 12.7. The van der Waals surface area contributed by atoms with E-state index in [4.69, 9.17) is 4.74 Å². The van der Waals surface area contributed by atoms with Crippen LogP contribution < -0.4 is 5.32 Å². The third-order valence-electron chi connectivity index (χ3n) is 4.19. The Morgan fingerprint density at radius 3 is 3.12 bits per heavy atom. The van der Waals surface area contributed by atoms with E-state index >= 15 is 0 Å². The molecule has 0 aliphatic carbocycles. The number of anilines is 1. The molecule has 3 rings (SSSR count). The number of nitrogens with zero attached hydrogens (tertiary/aromatic N) is 3. The van der Waals surface area contributed by atoms with Crippen LogP contribution in [0.1, 0.15) is 31.0 Å². The minimum atomic E-state index is -0.371. The number of hydrogen-bond donors (Lipinski definition) is 1. The summed E-state index contributed by atoms with van der Waals surface area (Å²) in [4.78, 5) is 22.5. The van der Waals surface area contributed by atoms with E-state index in [2.05, 4.69) is 37.0 Å². The van der Waals surface area contributed by atoms with E-state index in [-0.39, 0.29) is 5.97 Å². The molecule has 1 atom stereocenters. The topological polar surface area (TPSA) is 67.3 Å². The molecule has 1 aliphatic heterocycles. The van der Waals surface area contributed by atoms with Crippen LogP contribution in [0, 0.1) is 0 Å². The molecule has 1 fully saturated rings. The Bertz CT molecular complexity index is 716. The van der Waals surface area contributed by atoms with E-state index in [9.17, 15) is 4.79 Å². The SMILES string of the molecule is CCOC(=O)C=Cc1cnc(N[C@@H]2CCCN(Cc3ccsc3)C2)cn1. The molecule has 6 nitrogen and oxygen atoms in total. The minimum Gasteiger partial charge on any atom is -0.463 e. The van der Waals surface area contributed by atoms with Gasteiger partial charge in [-0.15, -0.1) is 0 Å². The first-order valence-electron chi connectivity index (χ1n) is 8.90. The highest BCUT2D eigenvalue weighted by molar-refractivity contribution is 7.07. The third kappa shape index (κ3) is 5.64. The van der Waals surface area contributed by atoms with Gasteiger partial charge in [-0.3, -0.25) is 9.88 Å². The number of likely N-dealkylation sites (tertiary alicyclic amines) is 1. The van der Waals surface area contributed by atoms with Gasteiger partial charge in [-0.05, 0) is 54.8 Å². The zero-order valence-corrected chi connectivity index (χ0v) is 15.7. The highest BCUT2D eigenvalue weighted by atomic mass is 32.1. The van der Waals surface area contributed by atoms with Crippen molar-refractivity contribution < 1.29 is 9.53 Å². The lowest BCUT2D eigenvalue weighted by Crippen LogP contribution is -2.41. The normalized spacial score (nSPS) is 18.1. The lowest BCUT2D eigenvalue weighted by molar-refractivity contribution is -0.137. The lowest BCUT2D eigenvalue weighted by Gasteiger charge is -2.33. The van der Waals surface area contributed by atoms with Crippen molar-refractivity contribution in [2.24, 2.45) is 0 Å². The summed E-state index contributed by atoms with van der Waals surface area (Å²) >= 11 is 1.75. The van der Waals surface area contributed by atoms with Crippen LogP contribution in [0.15, 0.2) is 35.3 Å². The molecule has 0 bridgehead atoms. The van der Waals surface area contributed by atoms with Crippen LogP contribution in [0.2, 0.25) is 0 Å². The number of aromatic nitrogens is 2. The monoisotopic (exact) mass is 372 g/mol. The van der Waals surface area contributed by atoms with Gasteiger partial charge >= 0.3 is 5.97 Å². The molecule has 26 heavy (non-hydrogen) atoms. The number of carbonyl (C=O) groups is 1. The number of nitrogens with one attached hydrogen (secondary N) is 1. The zero-order valence-electron chi connectivity index (χ0n) is 14.9. The van der Waals surface area contributed by atoms with Crippen LogP contribution in [0.3, 0.4) is 0 Å². The Morgan fingerprint density at radius 2 is 2.38 bits per heavy atom. The molecular weight excluding hydrogens is 348 g/mol. The van der Waals surface area contributed by atoms with Gasteiger partial charge in [0.05, 0.1) is 24.7 Å². The fourth-order valence-corrected chi connectivity index (χ4v) is 3.67. The van der Waals surface area contributed by atoms with E-state index < -0.39 is 0 Å². The Morgan fingerprint density at radius 1 is 1.46 bits per heavy atom. The molecule has 0 spiro atoms. The lowest BCUT2D eigenvalue weighted by atomic mass is 10.1. The summed E-state index contributed by atoms with van der Waals surface area (Å²) in [6, 6.07) is 2.56. The molecule has 0 radical (unpaired) electrons. The summed E-state index contributed by atoms with van der Waals surface area (Å²) in [5.74, 6) is 0.394. The number of carbonyl (C=O) groups excluding carboxylic acids is 1. The maximum Gasteiger partial charge on any atom is 0.330 e.